The van der Waals surface area contributed by atoms with E-state index in [0.29, 0.717) is 0 Å². The molecule has 0 heterocycles. The van der Waals surface area contributed by atoms with E-state index in [4.69, 9.17) is 0 Å². The van der Waals surface area contributed by atoms with Crippen molar-refractivity contribution in [3.63, 3.8) is 0 Å². The van der Waals surface area contributed by atoms with Gasteiger partial charge < -0.3 is 0 Å². The Balaban J connectivity index is 1.05. The summed E-state index contributed by atoms with van der Waals surface area (Å²) in [5, 5.41) is 20.9. The first-order valence-corrected chi connectivity index (χ1v) is 23.1. The van der Waals surface area contributed by atoms with Gasteiger partial charge in [0, 0.05) is 0 Å². The molecule has 0 N–H and O–H groups in total. The van der Waals surface area contributed by atoms with Crippen LogP contribution in [0, 0.1) is 0 Å². The maximum absolute atomic E-state index is 2.55. The molecule has 0 fully saturated rings. The standard InChI is InChI=1S/C66H38/c1-4-16-39(17-5-1)42-22-14-23-43(36-42)44-30-31-51-53-33-35-55-57-38-59-58(37-56(57)54-34-32-52(63(53)64(54)55)50-29-15-28-47(44)62(50)51)60(40-18-6-2-7-19-40)65-48-26-12-10-24-45(48)46-25-11-13-27-49(46)66(65)61(59)41-20-8-3-9-21-41/h1-38H. The molecule has 0 spiro atoms. The van der Waals surface area contributed by atoms with Crippen LogP contribution in [0.25, 0.3) is 153 Å². The molecule has 1 aliphatic rings. The molecular weight excluding hydrogens is 793 g/mol. The minimum atomic E-state index is 1.23. The third-order valence-electron chi connectivity index (χ3n) is 14.9. The van der Waals surface area contributed by atoms with E-state index in [2.05, 4.69) is 231 Å². The van der Waals surface area contributed by atoms with E-state index in [1.165, 1.54) is 153 Å². The van der Waals surface area contributed by atoms with Gasteiger partial charge in [-0.15, -0.1) is 0 Å². The first-order valence-electron chi connectivity index (χ1n) is 23.1. The molecule has 0 saturated heterocycles. The van der Waals surface area contributed by atoms with Gasteiger partial charge in [0.2, 0.25) is 0 Å². The Morgan fingerprint density at radius 1 is 0.152 bits per heavy atom. The maximum atomic E-state index is 2.55. The van der Waals surface area contributed by atoms with Crippen LogP contribution in [0.5, 0.6) is 0 Å². The van der Waals surface area contributed by atoms with E-state index in [9.17, 15) is 0 Å². The quantitative estimate of drug-likeness (QED) is 0.122. The summed E-state index contributed by atoms with van der Waals surface area (Å²) >= 11 is 0. The highest BCUT2D eigenvalue weighted by atomic mass is 14.3. The number of hydrogen-bond donors (Lipinski definition) is 0. The van der Waals surface area contributed by atoms with Gasteiger partial charge in [-0.1, -0.05) is 212 Å². The smallest absolute Gasteiger partial charge is 0.000763 e. The third-order valence-corrected chi connectivity index (χ3v) is 14.9. The maximum Gasteiger partial charge on any atom is -0.000763 e. The van der Waals surface area contributed by atoms with Gasteiger partial charge in [0.15, 0.2) is 0 Å². The zero-order valence-corrected chi connectivity index (χ0v) is 35.9. The summed E-state index contributed by atoms with van der Waals surface area (Å²) in [6.45, 7) is 0. The minimum absolute atomic E-state index is 1.23. The van der Waals surface area contributed by atoms with E-state index >= 15 is 0 Å². The molecule has 15 rings (SSSR count). The molecule has 0 aliphatic heterocycles. The summed E-state index contributed by atoms with van der Waals surface area (Å²) in [4.78, 5) is 0. The number of benzene rings is 14. The van der Waals surface area contributed by atoms with Crippen LogP contribution in [-0.2, 0) is 0 Å². The molecule has 0 bridgehead atoms. The molecule has 0 nitrogen and oxygen atoms in total. The zero-order chi connectivity index (χ0) is 43.0. The number of fused-ring (bicyclic) bond motifs is 12. The second kappa shape index (κ2) is 13.5. The Morgan fingerprint density at radius 3 is 1.09 bits per heavy atom. The van der Waals surface area contributed by atoms with Crippen molar-refractivity contribution in [3.8, 4) is 66.8 Å². The minimum Gasteiger partial charge on any atom is -0.0622 e. The van der Waals surface area contributed by atoms with Crippen molar-refractivity contribution < 1.29 is 0 Å². The summed E-state index contributed by atoms with van der Waals surface area (Å²) in [7, 11) is 0. The molecule has 66 heavy (non-hydrogen) atoms. The largest absolute Gasteiger partial charge is 0.0622 e. The van der Waals surface area contributed by atoms with Crippen LogP contribution in [0.4, 0.5) is 0 Å². The van der Waals surface area contributed by atoms with E-state index in [0.717, 1.165) is 0 Å². The normalized spacial score (nSPS) is 12.2. The van der Waals surface area contributed by atoms with Gasteiger partial charge in [-0.05, 0) is 171 Å². The lowest BCUT2D eigenvalue weighted by Gasteiger charge is -2.22. The summed E-state index contributed by atoms with van der Waals surface area (Å²) in [6.07, 6.45) is 0. The van der Waals surface area contributed by atoms with Crippen molar-refractivity contribution in [2.75, 3.05) is 0 Å². The molecule has 0 saturated carbocycles. The molecule has 14 aromatic rings. The van der Waals surface area contributed by atoms with Crippen molar-refractivity contribution in [1.29, 1.82) is 0 Å². The van der Waals surface area contributed by atoms with Crippen LogP contribution in [-0.4, -0.2) is 0 Å². The second-order valence-electron chi connectivity index (χ2n) is 18.2. The molecule has 302 valence electrons. The van der Waals surface area contributed by atoms with E-state index in [1.54, 1.807) is 0 Å². The molecule has 0 heteroatoms. The lowest BCUT2D eigenvalue weighted by Crippen LogP contribution is -1.94. The Kier molecular flexibility index (Phi) is 7.31. The highest BCUT2D eigenvalue weighted by molar-refractivity contribution is 6.40. The molecule has 14 aromatic carbocycles. The fraction of sp³-hybridized carbons (Fsp3) is 0. The van der Waals surface area contributed by atoms with E-state index in [1.807, 2.05) is 0 Å². The van der Waals surface area contributed by atoms with E-state index in [-0.39, 0.29) is 0 Å². The number of rotatable bonds is 4. The fourth-order valence-corrected chi connectivity index (χ4v) is 12.2. The summed E-state index contributed by atoms with van der Waals surface area (Å²) < 4.78 is 0. The van der Waals surface area contributed by atoms with Crippen molar-refractivity contribution in [3.05, 3.63) is 231 Å². The van der Waals surface area contributed by atoms with Crippen molar-refractivity contribution in [2.45, 2.75) is 0 Å². The predicted octanol–water partition coefficient (Wildman–Crippen LogP) is 18.7. The molecule has 1 aliphatic carbocycles. The van der Waals surface area contributed by atoms with Crippen LogP contribution < -0.4 is 0 Å². The van der Waals surface area contributed by atoms with Gasteiger partial charge in [-0.2, -0.15) is 0 Å². The average molecular weight is 831 g/mol. The molecule has 0 aromatic heterocycles. The fourth-order valence-electron chi connectivity index (χ4n) is 12.2. The number of hydrogen-bond acceptors (Lipinski definition) is 0. The highest BCUT2D eigenvalue weighted by Gasteiger charge is 2.29. The lowest BCUT2D eigenvalue weighted by atomic mass is 9.80. The molecule has 0 atom stereocenters. The third kappa shape index (κ3) is 4.83. The SMILES string of the molecule is c1ccc(-c2cccc(-c3ccc4c5ccc6c7c(ccc(c8cccc3c84)c75)-c3cc4c(-c5ccccc5)c5c7ccccc7c7ccccc7c5c(-c5ccccc5)c4cc3-6)c2)cc1. The topological polar surface area (TPSA) is 0 Å². The van der Waals surface area contributed by atoms with Crippen LogP contribution in [0.3, 0.4) is 0 Å². The Morgan fingerprint density at radius 2 is 0.530 bits per heavy atom. The molecule has 0 radical (unpaired) electrons. The van der Waals surface area contributed by atoms with Crippen LogP contribution in [0.15, 0.2) is 231 Å². The summed E-state index contributed by atoms with van der Waals surface area (Å²) in [5.74, 6) is 0. The predicted molar refractivity (Wildman–Crippen MR) is 284 cm³/mol. The van der Waals surface area contributed by atoms with Crippen LogP contribution in [0.1, 0.15) is 0 Å². The molecule has 0 amide bonds. The van der Waals surface area contributed by atoms with Gasteiger partial charge in [-0.3, -0.25) is 0 Å². The Bertz CT molecular complexity index is 4150. The van der Waals surface area contributed by atoms with Gasteiger partial charge in [0.05, 0.1) is 0 Å². The first kappa shape index (κ1) is 35.8. The Hall–Kier alpha value is -8.58. The van der Waals surface area contributed by atoms with Gasteiger partial charge in [0.1, 0.15) is 0 Å². The van der Waals surface area contributed by atoms with Crippen molar-refractivity contribution in [2.24, 2.45) is 0 Å². The Labute approximate surface area is 381 Å². The highest BCUT2D eigenvalue weighted by Crippen LogP contribution is 2.57. The molecular formula is C66H38. The average Bonchev–Trinajstić information content (AvgIpc) is 3.71. The summed E-state index contributed by atoms with van der Waals surface area (Å²) in [6, 6.07) is 86.5. The van der Waals surface area contributed by atoms with Crippen molar-refractivity contribution in [1.82, 2.24) is 0 Å². The lowest BCUT2D eigenvalue weighted by molar-refractivity contribution is 1.61. The molecule has 0 unspecified atom stereocenters. The van der Waals surface area contributed by atoms with Crippen LogP contribution in [0.2, 0.25) is 0 Å². The van der Waals surface area contributed by atoms with Gasteiger partial charge in [0.25, 0.3) is 0 Å². The first-order chi connectivity index (χ1) is 32.8. The van der Waals surface area contributed by atoms with E-state index < -0.39 is 0 Å². The zero-order valence-electron chi connectivity index (χ0n) is 35.9. The van der Waals surface area contributed by atoms with Crippen LogP contribution >= 0.6 is 0 Å². The van der Waals surface area contributed by atoms with Crippen molar-refractivity contribution >= 4 is 86.2 Å². The second-order valence-corrected chi connectivity index (χ2v) is 18.2. The van der Waals surface area contributed by atoms with Gasteiger partial charge >= 0.3 is 0 Å². The van der Waals surface area contributed by atoms with Gasteiger partial charge in [-0.25, -0.2) is 0 Å². The summed E-state index contributed by atoms with van der Waals surface area (Å²) in [5.41, 5.74) is 15.3. The monoisotopic (exact) mass is 830 g/mol.